The molecule has 2 saturated heterocycles. The molecule has 0 bridgehead atoms. The third-order valence-electron chi connectivity index (χ3n) is 7.20. The minimum absolute atomic E-state index is 0.0494. The second kappa shape index (κ2) is 6.92. The van der Waals surface area contributed by atoms with Gasteiger partial charge in [-0.15, -0.1) is 0 Å². The molecular weight excluding hydrogens is 400 g/mol. The van der Waals surface area contributed by atoms with E-state index in [1.54, 1.807) is 0 Å². The topological polar surface area (TPSA) is 112 Å². The lowest BCUT2D eigenvalue weighted by atomic mass is 9.83. The van der Waals surface area contributed by atoms with Crippen LogP contribution in [0.5, 0.6) is 0 Å². The number of carbonyl (C=O) groups is 2. The maximum atomic E-state index is 12.7. The zero-order valence-electron chi connectivity index (χ0n) is 17.4. The van der Waals surface area contributed by atoms with Gasteiger partial charge in [-0.1, -0.05) is 0 Å². The standard InChI is InChI=1S/C20H30O8S/c1-11(25-17(21)13-5-7-19(3)15(9-13)27-19)29(23,24)12(2)26-18(22)14-6-8-20(4)16(10-14)28-20/h11-16H,5-10H2,1-4H3. The molecule has 4 aliphatic rings. The highest BCUT2D eigenvalue weighted by Crippen LogP contribution is 2.50. The molecule has 0 aromatic rings. The highest BCUT2D eigenvalue weighted by Gasteiger charge is 2.57. The average Bonchev–Trinajstić information content (AvgIpc) is 3.52. The van der Waals surface area contributed by atoms with Crippen LogP contribution in [-0.2, 0) is 38.4 Å². The number of epoxide rings is 2. The monoisotopic (exact) mass is 430 g/mol. The van der Waals surface area contributed by atoms with Crippen molar-refractivity contribution in [3.05, 3.63) is 0 Å². The minimum Gasteiger partial charge on any atom is -0.446 e. The van der Waals surface area contributed by atoms with E-state index in [0.717, 1.165) is 12.8 Å². The molecule has 0 aromatic carbocycles. The smallest absolute Gasteiger partial charge is 0.310 e. The predicted molar refractivity (Wildman–Crippen MR) is 101 cm³/mol. The van der Waals surface area contributed by atoms with Crippen LogP contribution >= 0.6 is 0 Å². The van der Waals surface area contributed by atoms with Gasteiger partial charge in [-0.05, 0) is 66.2 Å². The van der Waals surface area contributed by atoms with Gasteiger partial charge in [0.05, 0.1) is 35.2 Å². The number of hydrogen-bond acceptors (Lipinski definition) is 8. The maximum absolute atomic E-state index is 12.7. The van der Waals surface area contributed by atoms with Crippen molar-refractivity contribution in [2.75, 3.05) is 0 Å². The number of ether oxygens (including phenoxy) is 4. The third-order valence-corrected chi connectivity index (χ3v) is 9.25. The van der Waals surface area contributed by atoms with Crippen molar-refractivity contribution in [3.63, 3.8) is 0 Å². The normalized spacial score (nSPS) is 42.6. The molecule has 0 N–H and O–H groups in total. The van der Waals surface area contributed by atoms with E-state index in [-0.39, 0.29) is 35.2 Å². The van der Waals surface area contributed by atoms with Crippen LogP contribution in [0.15, 0.2) is 0 Å². The summed E-state index contributed by atoms with van der Waals surface area (Å²) in [5, 5.41) is 0. The van der Waals surface area contributed by atoms with E-state index in [0.29, 0.717) is 25.7 Å². The summed E-state index contributed by atoms with van der Waals surface area (Å²) in [6, 6.07) is 0. The second-order valence-corrected chi connectivity index (χ2v) is 11.9. The van der Waals surface area contributed by atoms with Crippen molar-refractivity contribution in [1.29, 1.82) is 0 Å². The highest BCUT2D eigenvalue weighted by atomic mass is 32.2. The molecule has 9 heteroatoms. The zero-order chi connectivity index (χ0) is 21.2. The Hall–Kier alpha value is -1.19. The Morgan fingerprint density at radius 1 is 0.862 bits per heavy atom. The van der Waals surface area contributed by atoms with Gasteiger partial charge in [0.2, 0.25) is 20.7 Å². The molecule has 2 saturated carbocycles. The van der Waals surface area contributed by atoms with Gasteiger partial charge < -0.3 is 18.9 Å². The Kier molecular flexibility index (Phi) is 5.02. The van der Waals surface area contributed by atoms with Gasteiger partial charge in [0, 0.05) is 0 Å². The van der Waals surface area contributed by atoms with Crippen LogP contribution in [0.2, 0.25) is 0 Å². The van der Waals surface area contributed by atoms with Crippen LogP contribution < -0.4 is 0 Å². The molecule has 8 nitrogen and oxygen atoms in total. The van der Waals surface area contributed by atoms with Crippen molar-refractivity contribution in [2.24, 2.45) is 11.8 Å². The van der Waals surface area contributed by atoms with Crippen molar-refractivity contribution in [3.8, 4) is 0 Å². The number of carbonyl (C=O) groups excluding carboxylic acids is 2. The van der Waals surface area contributed by atoms with Gasteiger partial charge in [0.25, 0.3) is 0 Å². The van der Waals surface area contributed by atoms with Crippen molar-refractivity contribution in [2.45, 2.75) is 101 Å². The fourth-order valence-electron chi connectivity index (χ4n) is 4.64. The second-order valence-electron chi connectivity index (χ2n) is 9.38. The fraction of sp³-hybridized carbons (Fsp3) is 0.900. The maximum Gasteiger partial charge on any atom is 0.310 e. The predicted octanol–water partition coefficient (Wildman–Crippen LogP) is 2.09. The summed E-state index contributed by atoms with van der Waals surface area (Å²) >= 11 is 0. The number of hydrogen-bond donors (Lipinski definition) is 0. The van der Waals surface area contributed by atoms with Crippen LogP contribution in [0.4, 0.5) is 0 Å². The quantitative estimate of drug-likeness (QED) is 0.465. The lowest BCUT2D eigenvalue weighted by Crippen LogP contribution is -2.38. The lowest BCUT2D eigenvalue weighted by molar-refractivity contribution is -0.151. The SMILES string of the molecule is CC(OC(=O)C1CCC2(C)OC2C1)S(=O)(=O)C(C)OC(=O)C1CCC2(C)OC2C1. The highest BCUT2D eigenvalue weighted by molar-refractivity contribution is 7.92. The summed E-state index contributed by atoms with van der Waals surface area (Å²) in [6.07, 6.45) is 3.96. The average molecular weight is 431 g/mol. The van der Waals surface area contributed by atoms with Gasteiger partial charge >= 0.3 is 11.9 Å². The van der Waals surface area contributed by atoms with Crippen LogP contribution in [0.25, 0.3) is 0 Å². The summed E-state index contributed by atoms with van der Waals surface area (Å²) in [6.45, 7) is 6.65. The number of esters is 2. The minimum atomic E-state index is -3.99. The molecule has 4 fully saturated rings. The molecule has 2 aliphatic carbocycles. The third kappa shape index (κ3) is 3.93. The van der Waals surface area contributed by atoms with E-state index in [2.05, 4.69) is 0 Å². The van der Waals surface area contributed by atoms with E-state index in [1.165, 1.54) is 13.8 Å². The Morgan fingerprint density at radius 2 is 1.24 bits per heavy atom. The zero-order valence-corrected chi connectivity index (χ0v) is 18.2. The molecule has 0 amide bonds. The van der Waals surface area contributed by atoms with E-state index in [4.69, 9.17) is 18.9 Å². The molecule has 29 heavy (non-hydrogen) atoms. The summed E-state index contributed by atoms with van der Waals surface area (Å²) in [7, 11) is -3.99. The molecule has 0 spiro atoms. The molecule has 0 aromatic heterocycles. The first-order chi connectivity index (χ1) is 13.4. The van der Waals surface area contributed by atoms with Gasteiger partial charge in [0.15, 0.2) is 0 Å². The van der Waals surface area contributed by atoms with Crippen molar-refractivity contribution < 1.29 is 37.0 Å². The Balaban J connectivity index is 1.28. The van der Waals surface area contributed by atoms with Gasteiger partial charge in [-0.2, -0.15) is 0 Å². The molecule has 8 unspecified atom stereocenters. The lowest BCUT2D eigenvalue weighted by Gasteiger charge is -2.26. The van der Waals surface area contributed by atoms with Gasteiger partial charge in [-0.25, -0.2) is 8.42 Å². The summed E-state index contributed by atoms with van der Waals surface area (Å²) in [5.41, 5.74) is -3.02. The summed E-state index contributed by atoms with van der Waals surface area (Å²) in [4.78, 5) is 24.8. The number of fused-ring (bicyclic) bond motifs is 2. The number of sulfone groups is 1. The molecule has 4 rings (SSSR count). The summed E-state index contributed by atoms with van der Waals surface area (Å²) in [5.74, 6) is -1.79. The van der Waals surface area contributed by atoms with Crippen molar-refractivity contribution in [1.82, 2.24) is 0 Å². The van der Waals surface area contributed by atoms with E-state index in [1.807, 2.05) is 13.8 Å². The Morgan fingerprint density at radius 3 is 1.59 bits per heavy atom. The molecular formula is C20H30O8S. The molecule has 2 aliphatic heterocycles. The van der Waals surface area contributed by atoms with Gasteiger partial charge in [-0.3, -0.25) is 9.59 Å². The van der Waals surface area contributed by atoms with E-state index >= 15 is 0 Å². The van der Waals surface area contributed by atoms with E-state index < -0.39 is 32.6 Å². The Labute approximate surface area is 171 Å². The molecule has 2 heterocycles. The van der Waals surface area contributed by atoms with Gasteiger partial charge in [0.1, 0.15) is 0 Å². The molecule has 0 radical (unpaired) electrons. The first-order valence-electron chi connectivity index (χ1n) is 10.4. The van der Waals surface area contributed by atoms with Crippen LogP contribution in [0, 0.1) is 11.8 Å². The number of rotatable bonds is 6. The van der Waals surface area contributed by atoms with Crippen LogP contribution in [-0.4, -0.2) is 54.6 Å². The van der Waals surface area contributed by atoms with E-state index in [9.17, 15) is 18.0 Å². The largest absolute Gasteiger partial charge is 0.446 e. The Bertz CT molecular complexity index is 749. The van der Waals surface area contributed by atoms with Crippen molar-refractivity contribution >= 4 is 21.8 Å². The molecule has 164 valence electrons. The van der Waals surface area contributed by atoms with Crippen LogP contribution in [0.3, 0.4) is 0 Å². The molecule has 8 atom stereocenters. The first-order valence-corrected chi connectivity index (χ1v) is 12.0. The summed E-state index contributed by atoms with van der Waals surface area (Å²) < 4.78 is 47.1. The first kappa shape index (κ1) is 21.1. The fourth-order valence-corrected chi connectivity index (χ4v) is 5.64. The van der Waals surface area contributed by atoms with Crippen LogP contribution in [0.1, 0.15) is 66.2 Å².